The second kappa shape index (κ2) is 6.86. The van der Waals surface area contributed by atoms with Crippen LogP contribution in [0.2, 0.25) is 0 Å². The molecule has 0 saturated carbocycles. The SMILES string of the molecule is CNC(CN1CCCCC1)(C(=O)OC)c1ccccc1. The molecule has 1 saturated heterocycles. The smallest absolute Gasteiger partial charge is 0.332 e. The lowest BCUT2D eigenvalue weighted by atomic mass is 9.88. The number of nitrogens with one attached hydrogen (secondary N) is 1. The van der Waals surface area contributed by atoms with Crippen LogP contribution in [-0.2, 0) is 15.1 Å². The van der Waals surface area contributed by atoms with E-state index >= 15 is 0 Å². The minimum Gasteiger partial charge on any atom is -0.467 e. The van der Waals surface area contributed by atoms with E-state index in [-0.39, 0.29) is 5.97 Å². The Balaban J connectivity index is 2.29. The largest absolute Gasteiger partial charge is 0.467 e. The Labute approximate surface area is 121 Å². The van der Waals surface area contributed by atoms with Gasteiger partial charge in [-0.15, -0.1) is 0 Å². The second-order valence-corrected chi connectivity index (χ2v) is 5.35. The van der Waals surface area contributed by atoms with Crippen molar-refractivity contribution in [1.82, 2.24) is 10.2 Å². The molecule has 1 unspecified atom stereocenters. The van der Waals surface area contributed by atoms with Gasteiger partial charge >= 0.3 is 5.97 Å². The van der Waals surface area contributed by atoms with Crippen LogP contribution >= 0.6 is 0 Å². The quantitative estimate of drug-likeness (QED) is 0.832. The minimum absolute atomic E-state index is 0.225. The lowest BCUT2D eigenvalue weighted by Gasteiger charge is -2.37. The lowest BCUT2D eigenvalue weighted by molar-refractivity contribution is -0.150. The van der Waals surface area contributed by atoms with Gasteiger partial charge in [0.25, 0.3) is 0 Å². The maximum absolute atomic E-state index is 12.4. The summed E-state index contributed by atoms with van der Waals surface area (Å²) in [6.45, 7) is 2.75. The van der Waals surface area contributed by atoms with Gasteiger partial charge in [-0.25, -0.2) is 4.79 Å². The number of esters is 1. The summed E-state index contributed by atoms with van der Waals surface area (Å²) in [5.74, 6) is -0.225. The van der Waals surface area contributed by atoms with E-state index in [0.29, 0.717) is 6.54 Å². The first kappa shape index (κ1) is 15.0. The van der Waals surface area contributed by atoms with E-state index in [1.807, 2.05) is 37.4 Å². The maximum Gasteiger partial charge on any atom is 0.332 e. The van der Waals surface area contributed by atoms with Gasteiger partial charge in [-0.3, -0.25) is 0 Å². The van der Waals surface area contributed by atoms with E-state index < -0.39 is 5.54 Å². The summed E-state index contributed by atoms with van der Waals surface area (Å²) < 4.78 is 5.07. The average Bonchev–Trinajstić information content (AvgIpc) is 2.53. The highest BCUT2D eigenvalue weighted by atomic mass is 16.5. The van der Waals surface area contributed by atoms with E-state index in [2.05, 4.69) is 10.2 Å². The van der Waals surface area contributed by atoms with Gasteiger partial charge in [-0.2, -0.15) is 0 Å². The van der Waals surface area contributed by atoms with Crippen molar-refractivity contribution < 1.29 is 9.53 Å². The van der Waals surface area contributed by atoms with Crippen LogP contribution in [0, 0.1) is 0 Å². The van der Waals surface area contributed by atoms with Crippen molar-refractivity contribution in [2.24, 2.45) is 0 Å². The highest BCUT2D eigenvalue weighted by molar-refractivity contribution is 5.83. The summed E-state index contributed by atoms with van der Waals surface area (Å²) in [5, 5.41) is 3.21. The minimum atomic E-state index is -0.784. The number of likely N-dealkylation sites (tertiary alicyclic amines) is 1. The van der Waals surface area contributed by atoms with Crippen molar-refractivity contribution >= 4 is 5.97 Å². The van der Waals surface area contributed by atoms with Crippen LogP contribution in [0.1, 0.15) is 24.8 Å². The van der Waals surface area contributed by atoms with Gasteiger partial charge in [0.1, 0.15) is 0 Å². The molecule has 1 aromatic rings. The molecule has 0 amide bonds. The van der Waals surface area contributed by atoms with Gasteiger partial charge < -0.3 is 15.0 Å². The van der Waals surface area contributed by atoms with Crippen molar-refractivity contribution in [1.29, 1.82) is 0 Å². The third kappa shape index (κ3) is 3.02. The number of likely N-dealkylation sites (N-methyl/N-ethyl adjacent to an activating group) is 1. The number of hydrogen-bond acceptors (Lipinski definition) is 4. The van der Waals surface area contributed by atoms with E-state index in [1.54, 1.807) is 0 Å². The zero-order valence-electron chi connectivity index (χ0n) is 12.4. The van der Waals surface area contributed by atoms with Crippen LogP contribution in [0.3, 0.4) is 0 Å². The predicted molar refractivity (Wildman–Crippen MR) is 79.5 cm³/mol. The first-order chi connectivity index (χ1) is 9.73. The molecule has 0 aliphatic carbocycles. The third-order valence-corrected chi connectivity index (χ3v) is 4.14. The molecular formula is C16H24N2O2. The second-order valence-electron chi connectivity index (χ2n) is 5.35. The highest BCUT2D eigenvalue weighted by Gasteiger charge is 2.41. The summed E-state index contributed by atoms with van der Waals surface area (Å²) in [5.41, 5.74) is 0.174. The number of benzene rings is 1. The van der Waals surface area contributed by atoms with Crippen LogP contribution < -0.4 is 5.32 Å². The number of nitrogens with zero attached hydrogens (tertiary/aromatic N) is 1. The molecule has 4 heteroatoms. The van der Waals surface area contributed by atoms with Crippen molar-refractivity contribution in [2.45, 2.75) is 24.8 Å². The molecule has 1 aromatic carbocycles. The molecule has 1 aliphatic rings. The molecule has 1 N–H and O–H groups in total. The van der Waals surface area contributed by atoms with Gasteiger partial charge in [0, 0.05) is 6.54 Å². The van der Waals surface area contributed by atoms with Crippen molar-refractivity contribution in [3.63, 3.8) is 0 Å². The van der Waals surface area contributed by atoms with E-state index in [0.717, 1.165) is 18.7 Å². The number of carbonyl (C=O) groups excluding carboxylic acids is 1. The molecule has 20 heavy (non-hydrogen) atoms. The Hall–Kier alpha value is -1.39. The van der Waals surface area contributed by atoms with Crippen molar-refractivity contribution in [2.75, 3.05) is 33.8 Å². The predicted octanol–water partition coefficient (Wildman–Crippen LogP) is 1.76. The monoisotopic (exact) mass is 276 g/mol. The fourth-order valence-corrected chi connectivity index (χ4v) is 2.95. The molecule has 0 aromatic heterocycles. The molecule has 1 aliphatic heterocycles. The fraction of sp³-hybridized carbons (Fsp3) is 0.562. The summed E-state index contributed by atoms with van der Waals surface area (Å²) >= 11 is 0. The Morgan fingerprint density at radius 2 is 1.90 bits per heavy atom. The fourth-order valence-electron chi connectivity index (χ4n) is 2.95. The van der Waals surface area contributed by atoms with Crippen LogP contribution in [0.15, 0.2) is 30.3 Å². The number of piperidine rings is 1. The topological polar surface area (TPSA) is 41.6 Å². The van der Waals surface area contributed by atoms with Crippen molar-refractivity contribution in [3.05, 3.63) is 35.9 Å². The van der Waals surface area contributed by atoms with Crippen LogP contribution in [0.5, 0.6) is 0 Å². The van der Waals surface area contributed by atoms with Gasteiger partial charge in [0.2, 0.25) is 0 Å². The van der Waals surface area contributed by atoms with Gasteiger partial charge in [0.15, 0.2) is 5.54 Å². The zero-order chi connectivity index (χ0) is 14.4. The molecule has 2 rings (SSSR count). The molecule has 0 spiro atoms. The number of rotatable bonds is 5. The highest BCUT2D eigenvalue weighted by Crippen LogP contribution is 2.25. The Morgan fingerprint density at radius 3 is 2.45 bits per heavy atom. The third-order valence-electron chi connectivity index (χ3n) is 4.14. The number of methoxy groups -OCH3 is 1. The van der Waals surface area contributed by atoms with Gasteiger partial charge in [-0.1, -0.05) is 36.8 Å². The molecule has 1 heterocycles. The van der Waals surface area contributed by atoms with Gasteiger partial charge in [0.05, 0.1) is 7.11 Å². The normalized spacial score (nSPS) is 19.3. The summed E-state index contributed by atoms with van der Waals surface area (Å²) in [7, 11) is 3.28. The Bertz CT molecular complexity index is 429. The van der Waals surface area contributed by atoms with Gasteiger partial charge in [-0.05, 0) is 38.5 Å². The summed E-state index contributed by atoms with van der Waals surface area (Å²) in [6.07, 6.45) is 3.69. The van der Waals surface area contributed by atoms with E-state index in [1.165, 1.54) is 26.4 Å². The van der Waals surface area contributed by atoms with Crippen molar-refractivity contribution in [3.8, 4) is 0 Å². The standard InChI is InChI=1S/C16H24N2O2/c1-17-16(15(19)20-2,14-9-5-3-6-10-14)13-18-11-7-4-8-12-18/h3,5-6,9-10,17H,4,7-8,11-13H2,1-2H3. The van der Waals surface area contributed by atoms with Crippen LogP contribution in [0.4, 0.5) is 0 Å². The molecule has 1 fully saturated rings. The number of ether oxygens (including phenoxy) is 1. The number of hydrogen-bond donors (Lipinski definition) is 1. The Kier molecular flexibility index (Phi) is 5.15. The van der Waals surface area contributed by atoms with E-state index in [9.17, 15) is 4.79 Å². The first-order valence-electron chi connectivity index (χ1n) is 7.28. The summed E-state index contributed by atoms with van der Waals surface area (Å²) in [6, 6.07) is 9.85. The molecule has 0 bridgehead atoms. The van der Waals surface area contributed by atoms with Crippen LogP contribution in [0.25, 0.3) is 0 Å². The first-order valence-corrected chi connectivity index (χ1v) is 7.28. The van der Waals surface area contributed by atoms with Crippen LogP contribution in [-0.4, -0.2) is 44.7 Å². The van der Waals surface area contributed by atoms with E-state index in [4.69, 9.17) is 4.74 Å². The molecule has 0 radical (unpaired) electrons. The summed E-state index contributed by atoms with van der Waals surface area (Å²) in [4.78, 5) is 14.8. The molecular weight excluding hydrogens is 252 g/mol. The molecule has 4 nitrogen and oxygen atoms in total. The zero-order valence-corrected chi connectivity index (χ0v) is 12.4. The molecule has 1 atom stereocenters. The molecule has 110 valence electrons. The number of carbonyl (C=O) groups is 1. The average molecular weight is 276 g/mol. The lowest BCUT2D eigenvalue weighted by Crippen LogP contribution is -2.56. The Morgan fingerprint density at radius 1 is 1.25 bits per heavy atom. The maximum atomic E-state index is 12.4.